The second-order valence-electron chi connectivity index (χ2n) is 12.3. The second kappa shape index (κ2) is 8.63. The van der Waals surface area contributed by atoms with Gasteiger partial charge in [-0.3, -0.25) is 14.4 Å². The average Bonchev–Trinajstić information content (AvgIpc) is 3.36. The second-order valence-corrected chi connectivity index (χ2v) is 12.3. The van der Waals surface area contributed by atoms with Gasteiger partial charge in [-0.1, -0.05) is 76.2 Å². The van der Waals surface area contributed by atoms with Crippen molar-refractivity contribution < 1.29 is 19.5 Å². The number of benzene rings is 2. The summed E-state index contributed by atoms with van der Waals surface area (Å²) in [6.45, 7) is 7.76. The van der Waals surface area contributed by atoms with Crippen molar-refractivity contribution in [3.63, 3.8) is 0 Å². The van der Waals surface area contributed by atoms with Crippen LogP contribution in [0.1, 0.15) is 75.6 Å². The highest BCUT2D eigenvalue weighted by atomic mass is 16.3. The Balaban J connectivity index is 1.50. The summed E-state index contributed by atoms with van der Waals surface area (Å²) in [7, 11) is 0. The summed E-state index contributed by atoms with van der Waals surface area (Å²) < 4.78 is 0. The molecular formula is C32H29N3O4. The van der Waals surface area contributed by atoms with Crippen molar-refractivity contribution in [2.45, 2.75) is 53.4 Å². The molecule has 0 radical (unpaired) electrons. The van der Waals surface area contributed by atoms with Gasteiger partial charge in [0.15, 0.2) is 29.0 Å². The normalized spacial score (nSPS) is 22.8. The monoisotopic (exact) mass is 519 g/mol. The number of aliphatic hydroxyl groups excluding tert-OH is 1. The van der Waals surface area contributed by atoms with Crippen LogP contribution in [0.5, 0.6) is 0 Å². The maximum Gasteiger partial charge on any atom is 0.169 e. The molecule has 0 unspecified atom stereocenters. The van der Waals surface area contributed by atoms with Crippen LogP contribution in [0.15, 0.2) is 80.4 Å². The fourth-order valence-corrected chi connectivity index (χ4v) is 5.96. The number of rotatable bonds is 1. The summed E-state index contributed by atoms with van der Waals surface area (Å²) in [5, 5.41) is 10.9. The Bertz CT molecular complexity index is 1640. The van der Waals surface area contributed by atoms with Crippen LogP contribution < -0.4 is 0 Å². The summed E-state index contributed by atoms with van der Waals surface area (Å²) in [6, 6.07) is 14.9. The maximum atomic E-state index is 13.1. The Morgan fingerprint density at radius 1 is 0.667 bits per heavy atom. The fraction of sp³-hybridized carbons (Fsp3) is 0.312. The van der Waals surface area contributed by atoms with E-state index in [1.165, 1.54) is 0 Å². The molecule has 2 aromatic rings. The van der Waals surface area contributed by atoms with Crippen LogP contribution in [0.3, 0.4) is 0 Å². The van der Waals surface area contributed by atoms with Crippen LogP contribution in [0, 0.1) is 10.8 Å². The third-order valence-electron chi connectivity index (χ3n) is 7.66. The predicted molar refractivity (Wildman–Crippen MR) is 150 cm³/mol. The number of aliphatic hydroxyl groups is 1. The minimum absolute atomic E-state index is 0.0406. The highest BCUT2D eigenvalue weighted by Gasteiger charge is 2.40. The van der Waals surface area contributed by atoms with Crippen LogP contribution >= 0.6 is 0 Å². The lowest BCUT2D eigenvalue weighted by atomic mass is 9.73. The smallest absolute Gasteiger partial charge is 0.169 e. The molecule has 0 amide bonds. The summed E-state index contributed by atoms with van der Waals surface area (Å²) in [6.07, 6.45) is 1.26. The van der Waals surface area contributed by atoms with Crippen molar-refractivity contribution in [2.24, 2.45) is 25.8 Å². The molecule has 7 heteroatoms. The molecule has 7 nitrogen and oxygen atoms in total. The van der Waals surface area contributed by atoms with E-state index in [-0.39, 0.29) is 57.9 Å². The van der Waals surface area contributed by atoms with Crippen molar-refractivity contribution in [3.05, 3.63) is 87.7 Å². The van der Waals surface area contributed by atoms with Crippen molar-refractivity contribution >= 4 is 40.4 Å². The van der Waals surface area contributed by atoms with E-state index in [1.807, 2.05) is 76.2 Å². The van der Waals surface area contributed by atoms with Crippen LogP contribution in [-0.4, -0.2) is 39.8 Å². The molecule has 0 saturated heterocycles. The summed E-state index contributed by atoms with van der Waals surface area (Å²) >= 11 is 0. The molecule has 1 saturated carbocycles. The van der Waals surface area contributed by atoms with Gasteiger partial charge in [0.25, 0.3) is 0 Å². The molecule has 196 valence electrons. The minimum atomic E-state index is -0.381. The zero-order valence-corrected chi connectivity index (χ0v) is 22.5. The van der Waals surface area contributed by atoms with Gasteiger partial charge in [-0.2, -0.15) is 0 Å². The van der Waals surface area contributed by atoms with E-state index in [2.05, 4.69) is 0 Å². The van der Waals surface area contributed by atoms with Gasteiger partial charge in [0.1, 0.15) is 5.76 Å². The van der Waals surface area contributed by atoms with Crippen molar-refractivity contribution in [2.75, 3.05) is 0 Å². The first-order chi connectivity index (χ1) is 18.4. The van der Waals surface area contributed by atoms with E-state index in [0.717, 1.165) is 11.1 Å². The Morgan fingerprint density at radius 2 is 1.18 bits per heavy atom. The maximum absolute atomic E-state index is 13.1. The molecule has 0 atom stereocenters. The molecule has 0 bridgehead atoms. The van der Waals surface area contributed by atoms with Crippen molar-refractivity contribution in [3.8, 4) is 0 Å². The molecule has 1 N–H and O–H groups in total. The third kappa shape index (κ3) is 4.22. The number of hydrogen-bond acceptors (Lipinski definition) is 6. The summed E-state index contributed by atoms with van der Waals surface area (Å²) in [5.41, 5.74) is 3.27. The molecule has 0 aromatic heterocycles. The van der Waals surface area contributed by atoms with Gasteiger partial charge in [-0.05, 0) is 10.8 Å². The van der Waals surface area contributed by atoms with Gasteiger partial charge >= 0.3 is 0 Å². The molecule has 2 aromatic carbocycles. The first-order valence-corrected chi connectivity index (χ1v) is 13.2. The SMILES string of the molecule is CC1(C)CC(=O)C(=C2N=C(N=C3N=C(C4=C(O)CC(C)(C)CC4=O)c4ccccc43)c3ccccc32)C(=O)C1. The lowest BCUT2D eigenvalue weighted by Crippen LogP contribution is -2.32. The number of carbonyl (C=O) groups excluding carboxylic acids is 3. The van der Waals surface area contributed by atoms with Crippen LogP contribution in [0.4, 0.5) is 0 Å². The highest BCUT2D eigenvalue weighted by molar-refractivity contribution is 6.38. The molecule has 4 aliphatic rings. The van der Waals surface area contributed by atoms with E-state index < -0.39 is 0 Å². The van der Waals surface area contributed by atoms with Crippen LogP contribution in [0.2, 0.25) is 0 Å². The van der Waals surface area contributed by atoms with Crippen molar-refractivity contribution in [1.82, 2.24) is 0 Å². The van der Waals surface area contributed by atoms with E-state index >= 15 is 0 Å². The quantitative estimate of drug-likeness (QED) is 0.393. The van der Waals surface area contributed by atoms with E-state index in [0.29, 0.717) is 47.0 Å². The molecule has 6 rings (SSSR count). The van der Waals surface area contributed by atoms with Crippen molar-refractivity contribution in [1.29, 1.82) is 0 Å². The lowest BCUT2D eigenvalue weighted by molar-refractivity contribution is -0.127. The van der Waals surface area contributed by atoms with E-state index in [4.69, 9.17) is 15.0 Å². The number of fused-ring (bicyclic) bond motifs is 2. The predicted octanol–water partition coefficient (Wildman–Crippen LogP) is 5.57. The Labute approximate surface area is 226 Å². The number of aliphatic imine (C=N–C) groups is 3. The number of carbonyl (C=O) groups is 3. The number of ketones is 3. The van der Waals surface area contributed by atoms with E-state index in [1.54, 1.807) is 0 Å². The molecule has 2 aliphatic carbocycles. The first kappa shape index (κ1) is 25.0. The lowest BCUT2D eigenvalue weighted by Gasteiger charge is -2.29. The number of hydrogen-bond donors (Lipinski definition) is 1. The standard InChI is InChI=1S/C32H29N3O4/c1-31(2)13-21(36)25(22(37)14-31)27-17-9-5-7-11-19(17)29(33-27)35-30-20-12-8-6-10-18(20)28(34-30)26-23(38)15-32(3,4)16-24(26)39/h5-12,36H,13-16H2,1-4H3. The molecule has 2 aliphatic heterocycles. The minimum Gasteiger partial charge on any atom is -0.511 e. The number of nitrogens with zero attached hydrogens (tertiary/aromatic N) is 3. The Hall–Kier alpha value is -4.26. The van der Waals surface area contributed by atoms with Gasteiger partial charge < -0.3 is 5.11 Å². The molecular weight excluding hydrogens is 490 g/mol. The number of amidine groups is 2. The van der Waals surface area contributed by atoms with Gasteiger partial charge in [0.05, 0.1) is 22.6 Å². The fourth-order valence-electron chi connectivity index (χ4n) is 5.96. The zero-order chi connectivity index (χ0) is 27.7. The summed E-state index contributed by atoms with van der Waals surface area (Å²) in [5.74, 6) is 0.200. The Kier molecular flexibility index (Phi) is 5.54. The molecule has 1 fully saturated rings. The van der Waals surface area contributed by atoms with Crippen LogP contribution in [-0.2, 0) is 14.4 Å². The molecule has 0 spiro atoms. The van der Waals surface area contributed by atoms with Gasteiger partial charge in [0, 0.05) is 47.9 Å². The van der Waals surface area contributed by atoms with Gasteiger partial charge in [0.2, 0.25) is 0 Å². The van der Waals surface area contributed by atoms with E-state index in [9.17, 15) is 19.5 Å². The first-order valence-electron chi connectivity index (χ1n) is 13.2. The Morgan fingerprint density at radius 3 is 1.79 bits per heavy atom. The van der Waals surface area contributed by atoms with Gasteiger partial charge in [-0.25, -0.2) is 15.0 Å². The van der Waals surface area contributed by atoms with Gasteiger partial charge in [-0.15, -0.1) is 0 Å². The third-order valence-corrected chi connectivity index (χ3v) is 7.66. The number of allylic oxidation sites excluding steroid dienone is 3. The topological polar surface area (TPSA) is 109 Å². The highest BCUT2D eigenvalue weighted by Crippen LogP contribution is 2.41. The number of Topliss-reactive ketones (excluding diaryl/α,β-unsaturated/α-hetero) is 3. The zero-order valence-electron chi connectivity index (χ0n) is 22.5. The summed E-state index contributed by atoms with van der Waals surface area (Å²) in [4.78, 5) is 53.6. The largest absolute Gasteiger partial charge is 0.511 e. The molecule has 2 heterocycles. The van der Waals surface area contributed by atoms with Crippen LogP contribution in [0.25, 0.3) is 5.70 Å². The average molecular weight is 520 g/mol. The molecule has 39 heavy (non-hydrogen) atoms.